The lowest BCUT2D eigenvalue weighted by molar-refractivity contribution is -0.140. The summed E-state index contributed by atoms with van der Waals surface area (Å²) in [7, 11) is 1.28. The molecule has 0 amide bonds. The molecule has 0 aliphatic rings. The molecule has 1 N–H and O–H groups in total. The number of hydrogen-bond donors (Lipinski definition) is 1. The summed E-state index contributed by atoms with van der Waals surface area (Å²) >= 11 is 0. The monoisotopic (exact) mass is 541 g/mol. The van der Waals surface area contributed by atoms with Crippen LogP contribution in [0.15, 0.2) is 54.6 Å². The summed E-state index contributed by atoms with van der Waals surface area (Å²) in [5.74, 6) is -2.44. The largest absolute Gasteiger partial charge is 0.506 e. The number of methoxy groups -OCH3 is 1. The predicted molar refractivity (Wildman–Crippen MR) is 135 cm³/mol. The molecule has 3 aromatic carbocycles. The number of phenols is 1. The molecule has 0 aliphatic carbocycles. The minimum Gasteiger partial charge on any atom is -0.506 e. The first-order valence-corrected chi connectivity index (χ1v) is 11.7. The Morgan fingerprint density at radius 3 is 2.23 bits per heavy atom. The molecule has 0 saturated carbocycles. The van der Waals surface area contributed by atoms with Gasteiger partial charge in [0, 0.05) is 5.56 Å². The van der Waals surface area contributed by atoms with Crippen LogP contribution in [0.2, 0.25) is 0 Å². The summed E-state index contributed by atoms with van der Waals surface area (Å²) in [4.78, 5) is 24.2. The van der Waals surface area contributed by atoms with Gasteiger partial charge in [-0.3, -0.25) is 4.79 Å². The average molecular weight is 542 g/mol. The Morgan fingerprint density at radius 2 is 1.67 bits per heavy atom. The van der Waals surface area contributed by atoms with Crippen LogP contribution in [0.1, 0.15) is 53.4 Å². The molecule has 0 heterocycles. The number of alkyl halides is 3. The van der Waals surface area contributed by atoms with Crippen molar-refractivity contribution >= 4 is 11.9 Å². The van der Waals surface area contributed by atoms with Crippen molar-refractivity contribution in [1.29, 1.82) is 5.26 Å². The number of hydrogen-bond acceptors (Lipinski definition) is 7. The molecule has 0 atom stereocenters. The van der Waals surface area contributed by atoms with Crippen molar-refractivity contribution in [3.8, 4) is 28.7 Å². The van der Waals surface area contributed by atoms with E-state index in [9.17, 15) is 33.1 Å². The lowest BCUT2D eigenvalue weighted by atomic mass is 9.97. The molecule has 39 heavy (non-hydrogen) atoms. The number of carbonyl (C=O) groups excluding carboxylic acids is 2. The summed E-state index contributed by atoms with van der Waals surface area (Å²) in [6, 6.07) is 15.4. The van der Waals surface area contributed by atoms with Gasteiger partial charge in [-0.2, -0.15) is 18.4 Å². The molecule has 0 radical (unpaired) electrons. The fourth-order valence-electron chi connectivity index (χ4n) is 3.72. The maximum Gasteiger partial charge on any atom is 0.419 e. The Labute approximate surface area is 223 Å². The molecule has 0 spiro atoms. The molecule has 0 fully saturated rings. The third-order valence-corrected chi connectivity index (χ3v) is 5.51. The molecular formula is C29H26F3NO6. The van der Waals surface area contributed by atoms with Crippen molar-refractivity contribution in [3.63, 3.8) is 0 Å². The van der Waals surface area contributed by atoms with E-state index in [-0.39, 0.29) is 18.6 Å². The number of phenolic OH excluding ortho intramolecular Hbond substituents is 1. The smallest absolute Gasteiger partial charge is 0.419 e. The van der Waals surface area contributed by atoms with Gasteiger partial charge >= 0.3 is 18.1 Å². The number of esters is 2. The summed E-state index contributed by atoms with van der Waals surface area (Å²) in [5, 5.41) is 19.9. The first-order valence-electron chi connectivity index (χ1n) is 11.7. The van der Waals surface area contributed by atoms with Gasteiger partial charge in [-0.15, -0.1) is 0 Å². The zero-order valence-corrected chi connectivity index (χ0v) is 21.7. The number of rotatable bonds is 7. The molecule has 204 valence electrons. The van der Waals surface area contributed by atoms with Crippen molar-refractivity contribution in [2.24, 2.45) is 0 Å². The van der Waals surface area contributed by atoms with Crippen LogP contribution in [0, 0.1) is 11.3 Å². The Kier molecular flexibility index (Phi) is 8.54. The van der Waals surface area contributed by atoms with Crippen molar-refractivity contribution in [2.45, 2.75) is 45.6 Å². The quantitative estimate of drug-likeness (QED) is 0.355. The Morgan fingerprint density at radius 1 is 1.00 bits per heavy atom. The van der Waals surface area contributed by atoms with Gasteiger partial charge in [0.15, 0.2) is 0 Å². The minimum absolute atomic E-state index is 0.00629. The van der Waals surface area contributed by atoms with Gasteiger partial charge < -0.3 is 19.3 Å². The molecule has 3 aromatic rings. The average Bonchev–Trinajstić information content (AvgIpc) is 2.85. The molecular weight excluding hydrogens is 515 g/mol. The van der Waals surface area contributed by atoms with Crippen LogP contribution in [0.3, 0.4) is 0 Å². The first-order chi connectivity index (χ1) is 18.2. The van der Waals surface area contributed by atoms with Crippen molar-refractivity contribution in [2.75, 3.05) is 7.11 Å². The molecule has 0 saturated heterocycles. The topological polar surface area (TPSA) is 106 Å². The Balaban J connectivity index is 1.85. The van der Waals surface area contributed by atoms with Crippen LogP contribution in [0.5, 0.6) is 11.5 Å². The SMILES string of the molecule is COC(=O)Cc1ccc(-c2ccc(OCc3ccc(C(F)(F)F)c(O)c3C(=O)OC(C)(C)C)cc2)c(C#N)c1. The fourth-order valence-corrected chi connectivity index (χ4v) is 3.72. The van der Waals surface area contributed by atoms with Crippen molar-refractivity contribution in [3.05, 3.63) is 82.4 Å². The fraction of sp³-hybridized carbons (Fsp3) is 0.276. The third-order valence-electron chi connectivity index (χ3n) is 5.51. The molecule has 0 aromatic heterocycles. The maximum atomic E-state index is 13.4. The number of aromatic hydroxyl groups is 1. The second-order valence-electron chi connectivity index (χ2n) is 9.55. The van der Waals surface area contributed by atoms with E-state index in [1.807, 2.05) is 0 Å². The van der Waals surface area contributed by atoms with Gasteiger partial charge in [-0.25, -0.2) is 4.79 Å². The molecule has 10 heteroatoms. The van der Waals surface area contributed by atoms with Gasteiger partial charge in [0.25, 0.3) is 0 Å². The Hall–Kier alpha value is -4.52. The summed E-state index contributed by atoms with van der Waals surface area (Å²) in [5.41, 5.74) is -0.695. The lowest BCUT2D eigenvalue weighted by Gasteiger charge is -2.22. The van der Waals surface area contributed by atoms with Gasteiger partial charge in [0.1, 0.15) is 29.3 Å². The second kappa shape index (κ2) is 11.5. The van der Waals surface area contributed by atoms with Crippen LogP contribution in [-0.4, -0.2) is 29.8 Å². The molecule has 7 nitrogen and oxygen atoms in total. The van der Waals surface area contributed by atoms with Gasteiger partial charge in [-0.1, -0.05) is 30.3 Å². The number of benzene rings is 3. The lowest BCUT2D eigenvalue weighted by Crippen LogP contribution is -2.25. The van der Waals surface area contributed by atoms with E-state index in [2.05, 4.69) is 10.8 Å². The highest BCUT2D eigenvalue weighted by molar-refractivity contribution is 5.95. The second-order valence-corrected chi connectivity index (χ2v) is 9.55. The standard InChI is InChI=1S/C29H26F3NO6/c1-28(2,3)39-27(36)25-19(8-12-23(26(25)35)29(30,31)32)16-38-21-9-6-18(7-10-21)22-11-5-17(13-20(22)15-33)14-24(34)37-4/h5-13,35H,14,16H2,1-4H3. The van der Waals surface area contributed by atoms with Gasteiger partial charge in [0.2, 0.25) is 0 Å². The van der Waals surface area contributed by atoms with E-state index < -0.39 is 40.6 Å². The maximum absolute atomic E-state index is 13.4. The molecule has 3 rings (SSSR count). The zero-order chi connectivity index (χ0) is 29.0. The van der Waals surface area contributed by atoms with Crippen LogP contribution < -0.4 is 4.74 Å². The van der Waals surface area contributed by atoms with Gasteiger partial charge in [0.05, 0.1) is 30.7 Å². The van der Waals surface area contributed by atoms with Crippen LogP contribution in [0.25, 0.3) is 11.1 Å². The van der Waals surface area contributed by atoms with Gasteiger partial charge in [-0.05, 0) is 61.7 Å². The highest BCUT2D eigenvalue weighted by Crippen LogP contribution is 2.39. The minimum atomic E-state index is -4.88. The third kappa shape index (κ3) is 7.29. The molecule has 0 unspecified atom stereocenters. The van der Waals surface area contributed by atoms with E-state index in [1.54, 1.807) is 63.2 Å². The Bertz CT molecular complexity index is 1420. The van der Waals surface area contributed by atoms with Crippen LogP contribution in [0.4, 0.5) is 13.2 Å². The van der Waals surface area contributed by atoms with E-state index in [0.717, 1.165) is 6.07 Å². The van der Waals surface area contributed by atoms with Crippen LogP contribution >= 0.6 is 0 Å². The molecule has 0 bridgehead atoms. The van der Waals surface area contributed by atoms with Crippen molar-refractivity contribution < 1.29 is 42.1 Å². The number of carbonyl (C=O) groups is 2. The van der Waals surface area contributed by atoms with E-state index in [4.69, 9.17) is 9.47 Å². The first kappa shape index (κ1) is 29.0. The van der Waals surface area contributed by atoms with E-state index >= 15 is 0 Å². The number of nitrogens with zero attached hydrogens (tertiary/aromatic N) is 1. The zero-order valence-electron chi connectivity index (χ0n) is 21.7. The number of nitriles is 1. The summed E-state index contributed by atoms with van der Waals surface area (Å²) in [6.07, 6.45) is -4.85. The normalized spacial score (nSPS) is 11.4. The van der Waals surface area contributed by atoms with Crippen LogP contribution in [-0.2, 0) is 33.5 Å². The van der Waals surface area contributed by atoms with E-state index in [0.29, 0.717) is 34.1 Å². The van der Waals surface area contributed by atoms with Crippen molar-refractivity contribution in [1.82, 2.24) is 0 Å². The summed E-state index contributed by atoms with van der Waals surface area (Å²) < 4.78 is 55.6. The number of ether oxygens (including phenoxy) is 3. The predicted octanol–water partition coefficient (Wildman–Crippen LogP) is 6.20. The molecule has 0 aliphatic heterocycles. The summed E-state index contributed by atoms with van der Waals surface area (Å²) in [6.45, 7) is 4.33. The van der Waals surface area contributed by atoms with E-state index in [1.165, 1.54) is 7.11 Å². The highest BCUT2D eigenvalue weighted by atomic mass is 19.4. The highest BCUT2D eigenvalue weighted by Gasteiger charge is 2.37. The number of halogens is 3.